The molecule has 0 saturated heterocycles. The number of esters is 1. The average molecular weight is 315 g/mol. The van der Waals surface area contributed by atoms with Crippen LogP contribution in [-0.2, 0) is 9.53 Å². The van der Waals surface area contributed by atoms with Gasteiger partial charge in [0.2, 0.25) is 0 Å². The molecule has 1 rings (SSSR count). The Kier molecular flexibility index (Phi) is 7.17. The number of hydrogen-bond acceptors (Lipinski definition) is 4. The highest BCUT2D eigenvalue weighted by Crippen LogP contribution is 2.29. The van der Waals surface area contributed by atoms with Gasteiger partial charge in [0.15, 0.2) is 0 Å². The van der Waals surface area contributed by atoms with Gasteiger partial charge in [-0.1, -0.05) is 0 Å². The highest BCUT2D eigenvalue weighted by molar-refractivity contribution is 9.10. The van der Waals surface area contributed by atoms with E-state index in [-0.39, 0.29) is 30.8 Å². The Morgan fingerprint density at radius 2 is 2.40 bits per heavy atom. The number of halogens is 2. The third-order valence-electron chi connectivity index (χ3n) is 1.67. The number of ether oxygens (including phenoxy) is 1. The van der Waals surface area contributed by atoms with Crippen molar-refractivity contribution in [3.8, 4) is 0 Å². The van der Waals surface area contributed by atoms with Crippen LogP contribution in [-0.4, -0.2) is 12.6 Å². The Bertz CT molecular complexity index is 319. The van der Waals surface area contributed by atoms with E-state index in [9.17, 15) is 4.79 Å². The van der Waals surface area contributed by atoms with Crippen molar-refractivity contribution in [1.82, 2.24) is 0 Å². The molecule has 1 aromatic heterocycles. The molecule has 3 nitrogen and oxygen atoms in total. The molecule has 0 fully saturated rings. The maximum atomic E-state index is 11.1. The topological polar surface area (TPSA) is 52.3 Å². The van der Waals surface area contributed by atoms with Gasteiger partial charge < -0.3 is 10.5 Å². The van der Waals surface area contributed by atoms with Crippen LogP contribution in [0.2, 0.25) is 0 Å². The molecule has 0 radical (unpaired) electrons. The molecule has 0 aliphatic carbocycles. The van der Waals surface area contributed by atoms with Crippen LogP contribution in [0.1, 0.15) is 24.3 Å². The normalized spacial score (nSPS) is 11.7. The fourth-order valence-corrected chi connectivity index (χ4v) is 2.73. The summed E-state index contributed by atoms with van der Waals surface area (Å²) in [5.74, 6) is -0.250. The first-order valence-corrected chi connectivity index (χ1v) is 5.96. The van der Waals surface area contributed by atoms with Gasteiger partial charge in [0.05, 0.1) is 19.1 Å². The summed E-state index contributed by atoms with van der Waals surface area (Å²) in [7, 11) is 0. The molecule has 6 heteroatoms. The SMILES string of the molecule is CCOC(=O)C[C@H](N)c1sccc1Br.Cl. The summed E-state index contributed by atoms with van der Waals surface area (Å²) in [6.45, 7) is 2.18. The number of thiophene rings is 1. The van der Waals surface area contributed by atoms with Crippen molar-refractivity contribution in [3.63, 3.8) is 0 Å². The standard InChI is InChI=1S/C9H12BrNO2S.ClH/c1-2-13-8(12)5-7(11)9-6(10)3-4-14-9;/h3-4,7H,2,5,11H2,1H3;1H/t7-;/m0./s1. The molecule has 0 bridgehead atoms. The van der Waals surface area contributed by atoms with E-state index in [1.54, 1.807) is 6.92 Å². The van der Waals surface area contributed by atoms with Gasteiger partial charge in [-0.05, 0) is 34.3 Å². The zero-order chi connectivity index (χ0) is 10.6. The highest BCUT2D eigenvalue weighted by Gasteiger charge is 2.15. The summed E-state index contributed by atoms with van der Waals surface area (Å²) < 4.78 is 5.78. The lowest BCUT2D eigenvalue weighted by molar-refractivity contribution is -0.143. The molecular formula is C9H13BrClNO2S. The van der Waals surface area contributed by atoms with Gasteiger partial charge in [-0.3, -0.25) is 4.79 Å². The van der Waals surface area contributed by atoms with E-state index in [0.29, 0.717) is 6.61 Å². The minimum atomic E-state index is -0.275. The Hall–Kier alpha value is -0.100. The lowest BCUT2D eigenvalue weighted by Crippen LogP contribution is -2.16. The van der Waals surface area contributed by atoms with Crippen molar-refractivity contribution in [3.05, 3.63) is 20.8 Å². The van der Waals surface area contributed by atoms with Crippen molar-refractivity contribution in [1.29, 1.82) is 0 Å². The maximum absolute atomic E-state index is 11.1. The largest absolute Gasteiger partial charge is 0.466 e. The first-order valence-electron chi connectivity index (χ1n) is 4.29. The number of hydrogen-bond donors (Lipinski definition) is 1. The predicted molar refractivity (Wildman–Crippen MR) is 67.4 cm³/mol. The van der Waals surface area contributed by atoms with Crippen LogP contribution in [0.4, 0.5) is 0 Å². The van der Waals surface area contributed by atoms with Gasteiger partial charge in [-0.2, -0.15) is 0 Å². The van der Waals surface area contributed by atoms with Gasteiger partial charge in [0.25, 0.3) is 0 Å². The Balaban J connectivity index is 0.00000196. The monoisotopic (exact) mass is 313 g/mol. The molecule has 0 aliphatic rings. The van der Waals surface area contributed by atoms with E-state index in [2.05, 4.69) is 15.9 Å². The van der Waals surface area contributed by atoms with Crippen molar-refractivity contribution in [2.24, 2.45) is 5.73 Å². The lowest BCUT2D eigenvalue weighted by atomic mass is 10.2. The molecular weight excluding hydrogens is 302 g/mol. The van der Waals surface area contributed by atoms with Crippen LogP contribution in [0.5, 0.6) is 0 Å². The molecule has 1 heterocycles. The van der Waals surface area contributed by atoms with Crippen LogP contribution >= 0.6 is 39.7 Å². The van der Waals surface area contributed by atoms with Crippen LogP contribution in [0.25, 0.3) is 0 Å². The van der Waals surface area contributed by atoms with Crippen LogP contribution < -0.4 is 5.73 Å². The molecule has 2 N–H and O–H groups in total. The van der Waals surface area contributed by atoms with Crippen LogP contribution in [0, 0.1) is 0 Å². The minimum absolute atomic E-state index is 0. The van der Waals surface area contributed by atoms with Crippen molar-refractivity contribution < 1.29 is 9.53 Å². The average Bonchev–Trinajstić information content (AvgIpc) is 2.51. The van der Waals surface area contributed by atoms with Gasteiger partial charge in [0, 0.05) is 9.35 Å². The molecule has 0 aliphatic heterocycles. The molecule has 0 spiro atoms. The first kappa shape index (κ1) is 14.9. The number of carbonyl (C=O) groups excluding carboxylic acids is 1. The van der Waals surface area contributed by atoms with E-state index in [0.717, 1.165) is 9.35 Å². The second-order valence-electron chi connectivity index (χ2n) is 2.75. The minimum Gasteiger partial charge on any atom is -0.466 e. The fourth-order valence-electron chi connectivity index (χ4n) is 1.06. The molecule has 86 valence electrons. The zero-order valence-electron chi connectivity index (χ0n) is 8.23. The van der Waals surface area contributed by atoms with E-state index in [1.807, 2.05) is 11.4 Å². The van der Waals surface area contributed by atoms with Gasteiger partial charge in [0.1, 0.15) is 0 Å². The third kappa shape index (κ3) is 4.51. The summed E-state index contributed by atoms with van der Waals surface area (Å²) in [5.41, 5.74) is 5.85. The van der Waals surface area contributed by atoms with Gasteiger partial charge in [-0.15, -0.1) is 23.7 Å². The highest BCUT2D eigenvalue weighted by atomic mass is 79.9. The molecule has 0 amide bonds. The Morgan fingerprint density at radius 3 is 2.87 bits per heavy atom. The number of carbonyl (C=O) groups is 1. The fraction of sp³-hybridized carbons (Fsp3) is 0.444. The summed E-state index contributed by atoms with van der Waals surface area (Å²) in [6, 6.07) is 1.65. The van der Waals surface area contributed by atoms with Crippen LogP contribution in [0.15, 0.2) is 15.9 Å². The Labute approximate surface area is 108 Å². The smallest absolute Gasteiger partial charge is 0.307 e. The Morgan fingerprint density at radius 1 is 1.73 bits per heavy atom. The summed E-state index contributed by atoms with van der Waals surface area (Å²) in [6.07, 6.45) is 0.229. The van der Waals surface area contributed by atoms with Crippen molar-refractivity contribution in [2.45, 2.75) is 19.4 Å². The van der Waals surface area contributed by atoms with E-state index >= 15 is 0 Å². The van der Waals surface area contributed by atoms with E-state index in [1.165, 1.54) is 11.3 Å². The summed E-state index contributed by atoms with van der Waals surface area (Å²) in [4.78, 5) is 12.1. The maximum Gasteiger partial charge on any atom is 0.307 e. The second kappa shape index (κ2) is 7.22. The predicted octanol–water partition coefficient (Wildman–Crippen LogP) is 2.89. The van der Waals surface area contributed by atoms with E-state index < -0.39 is 0 Å². The quantitative estimate of drug-likeness (QED) is 0.869. The third-order valence-corrected chi connectivity index (χ3v) is 3.68. The number of rotatable bonds is 4. The molecule has 0 unspecified atom stereocenters. The number of nitrogens with two attached hydrogens (primary N) is 1. The van der Waals surface area contributed by atoms with Crippen molar-refractivity contribution >= 4 is 45.6 Å². The van der Waals surface area contributed by atoms with E-state index in [4.69, 9.17) is 10.5 Å². The zero-order valence-corrected chi connectivity index (χ0v) is 11.5. The van der Waals surface area contributed by atoms with Crippen LogP contribution in [0.3, 0.4) is 0 Å². The molecule has 15 heavy (non-hydrogen) atoms. The second-order valence-corrected chi connectivity index (χ2v) is 4.55. The molecule has 1 atom stereocenters. The van der Waals surface area contributed by atoms with Crippen molar-refractivity contribution in [2.75, 3.05) is 6.61 Å². The lowest BCUT2D eigenvalue weighted by Gasteiger charge is -2.09. The molecule has 0 aromatic carbocycles. The first-order chi connectivity index (χ1) is 6.65. The summed E-state index contributed by atoms with van der Waals surface area (Å²) >= 11 is 4.91. The summed E-state index contributed by atoms with van der Waals surface area (Å²) in [5, 5.41) is 1.93. The molecule has 0 saturated carbocycles. The molecule has 1 aromatic rings. The van der Waals surface area contributed by atoms with Gasteiger partial charge in [-0.25, -0.2) is 0 Å². The van der Waals surface area contributed by atoms with Gasteiger partial charge >= 0.3 is 5.97 Å².